The van der Waals surface area contributed by atoms with Crippen LogP contribution in [0.25, 0.3) is 0 Å². The van der Waals surface area contributed by atoms with Crippen molar-refractivity contribution in [3.05, 3.63) is 0 Å². The summed E-state index contributed by atoms with van der Waals surface area (Å²) in [6, 6.07) is 0. The zero-order valence-electron chi connectivity index (χ0n) is 9.52. The first kappa shape index (κ1) is 12.4. The molecule has 0 saturated heterocycles. The summed E-state index contributed by atoms with van der Waals surface area (Å²) < 4.78 is 0. The smallest absolute Gasteiger partial charge is 0.114 e. The fraction of sp³-hybridized carbons (Fsp3) is 0.900. The number of nitrogens with zero attached hydrogens (tertiary/aromatic N) is 1. The van der Waals surface area contributed by atoms with E-state index in [4.69, 9.17) is 5.84 Å². The minimum Gasteiger partial charge on any atom is -0.312 e. The Morgan fingerprint density at radius 1 is 1.31 bits per heavy atom. The highest BCUT2D eigenvalue weighted by Crippen LogP contribution is 2.13. The average Bonchev–Trinajstić information content (AvgIpc) is 2.02. The maximum atomic E-state index is 5.45. The SMILES string of the molecule is CCC(CC)C(=NC(C)(C)C)NN. The first-order chi connectivity index (χ1) is 5.94. The van der Waals surface area contributed by atoms with Crippen LogP contribution >= 0.6 is 0 Å². The van der Waals surface area contributed by atoms with E-state index in [-0.39, 0.29) is 5.54 Å². The van der Waals surface area contributed by atoms with Gasteiger partial charge in [-0.25, -0.2) is 5.84 Å². The van der Waals surface area contributed by atoms with Crippen LogP contribution in [-0.4, -0.2) is 11.4 Å². The molecule has 0 radical (unpaired) electrons. The Hall–Kier alpha value is -0.570. The summed E-state index contributed by atoms with van der Waals surface area (Å²) in [5.41, 5.74) is 2.66. The van der Waals surface area contributed by atoms with Crippen molar-refractivity contribution in [1.82, 2.24) is 5.43 Å². The minimum absolute atomic E-state index is 0.0513. The van der Waals surface area contributed by atoms with E-state index in [2.05, 4.69) is 45.0 Å². The van der Waals surface area contributed by atoms with Crippen LogP contribution in [0.5, 0.6) is 0 Å². The minimum atomic E-state index is -0.0513. The number of amidine groups is 1. The van der Waals surface area contributed by atoms with E-state index in [1.807, 2.05) is 0 Å². The molecule has 0 aliphatic carbocycles. The number of rotatable bonds is 3. The van der Waals surface area contributed by atoms with E-state index in [1.54, 1.807) is 0 Å². The summed E-state index contributed by atoms with van der Waals surface area (Å²) in [7, 11) is 0. The molecule has 13 heavy (non-hydrogen) atoms. The third kappa shape index (κ3) is 4.88. The molecule has 0 aromatic carbocycles. The quantitative estimate of drug-likeness (QED) is 0.306. The molecule has 0 heterocycles. The van der Waals surface area contributed by atoms with Gasteiger partial charge >= 0.3 is 0 Å². The van der Waals surface area contributed by atoms with Crippen LogP contribution in [-0.2, 0) is 0 Å². The van der Waals surface area contributed by atoms with E-state index in [0.29, 0.717) is 5.92 Å². The van der Waals surface area contributed by atoms with E-state index < -0.39 is 0 Å². The first-order valence-electron chi connectivity index (χ1n) is 5.01. The van der Waals surface area contributed by atoms with Crippen LogP contribution in [0.15, 0.2) is 4.99 Å². The van der Waals surface area contributed by atoms with Crippen LogP contribution in [0.1, 0.15) is 47.5 Å². The molecule has 0 fully saturated rings. The summed E-state index contributed by atoms with van der Waals surface area (Å²) in [5, 5.41) is 0. The second kappa shape index (κ2) is 5.22. The number of hydrogen-bond acceptors (Lipinski definition) is 2. The van der Waals surface area contributed by atoms with Gasteiger partial charge in [-0.05, 0) is 33.6 Å². The van der Waals surface area contributed by atoms with Gasteiger partial charge in [-0.3, -0.25) is 4.99 Å². The predicted molar refractivity (Wildman–Crippen MR) is 58.6 cm³/mol. The van der Waals surface area contributed by atoms with Gasteiger partial charge in [-0.2, -0.15) is 0 Å². The molecule has 0 spiro atoms. The molecule has 0 rings (SSSR count). The lowest BCUT2D eigenvalue weighted by molar-refractivity contribution is 0.550. The second-order valence-corrected chi connectivity index (χ2v) is 4.33. The zero-order chi connectivity index (χ0) is 10.5. The summed E-state index contributed by atoms with van der Waals surface area (Å²) in [4.78, 5) is 4.55. The summed E-state index contributed by atoms with van der Waals surface area (Å²) >= 11 is 0. The van der Waals surface area contributed by atoms with Crippen molar-refractivity contribution in [2.45, 2.75) is 53.0 Å². The Morgan fingerprint density at radius 2 is 1.77 bits per heavy atom. The van der Waals surface area contributed by atoms with Crippen LogP contribution in [0, 0.1) is 5.92 Å². The third-order valence-electron chi connectivity index (χ3n) is 1.98. The highest BCUT2D eigenvalue weighted by atomic mass is 15.3. The highest BCUT2D eigenvalue weighted by molar-refractivity contribution is 5.84. The van der Waals surface area contributed by atoms with Gasteiger partial charge in [0, 0.05) is 5.92 Å². The fourth-order valence-electron chi connectivity index (χ4n) is 1.28. The lowest BCUT2D eigenvalue weighted by atomic mass is 10.0. The maximum Gasteiger partial charge on any atom is 0.114 e. The molecule has 0 bridgehead atoms. The molecule has 3 N–H and O–H groups in total. The first-order valence-corrected chi connectivity index (χ1v) is 5.01. The topological polar surface area (TPSA) is 50.4 Å². The Bertz CT molecular complexity index is 163. The van der Waals surface area contributed by atoms with E-state index in [9.17, 15) is 0 Å². The van der Waals surface area contributed by atoms with Gasteiger partial charge < -0.3 is 5.43 Å². The average molecular weight is 185 g/mol. The third-order valence-corrected chi connectivity index (χ3v) is 1.98. The lowest BCUT2D eigenvalue weighted by Gasteiger charge is -2.20. The second-order valence-electron chi connectivity index (χ2n) is 4.33. The molecule has 0 atom stereocenters. The molecule has 0 aliphatic heterocycles. The Kier molecular flexibility index (Phi) is 4.99. The maximum absolute atomic E-state index is 5.45. The lowest BCUT2D eigenvalue weighted by Crippen LogP contribution is -2.38. The molecule has 0 saturated carbocycles. The van der Waals surface area contributed by atoms with Gasteiger partial charge in [0.15, 0.2) is 0 Å². The van der Waals surface area contributed by atoms with Crippen LogP contribution in [0.2, 0.25) is 0 Å². The molecular formula is C10H23N3. The van der Waals surface area contributed by atoms with Gasteiger partial charge in [-0.1, -0.05) is 13.8 Å². The van der Waals surface area contributed by atoms with Gasteiger partial charge in [0.05, 0.1) is 5.54 Å². The van der Waals surface area contributed by atoms with E-state index >= 15 is 0 Å². The molecule has 0 aromatic heterocycles. The zero-order valence-corrected chi connectivity index (χ0v) is 9.52. The van der Waals surface area contributed by atoms with Crippen molar-refractivity contribution in [2.24, 2.45) is 16.8 Å². The Balaban J connectivity index is 4.57. The van der Waals surface area contributed by atoms with Crippen LogP contribution in [0.3, 0.4) is 0 Å². The van der Waals surface area contributed by atoms with Crippen molar-refractivity contribution in [3.63, 3.8) is 0 Å². The molecule has 0 aromatic rings. The standard InChI is InChI=1S/C10H23N3/c1-6-8(7-2)9(13-11)12-10(3,4)5/h8H,6-7,11H2,1-5H3,(H,12,13). The van der Waals surface area contributed by atoms with Crippen molar-refractivity contribution in [2.75, 3.05) is 0 Å². The predicted octanol–water partition coefficient (Wildman–Crippen LogP) is 2.08. The number of nitrogens with one attached hydrogen (secondary N) is 1. The monoisotopic (exact) mass is 185 g/mol. The van der Waals surface area contributed by atoms with Crippen molar-refractivity contribution in [1.29, 1.82) is 0 Å². The molecule has 0 unspecified atom stereocenters. The van der Waals surface area contributed by atoms with Gasteiger partial charge in [0.2, 0.25) is 0 Å². The fourth-order valence-corrected chi connectivity index (χ4v) is 1.28. The van der Waals surface area contributed by atoms with E-state index in [1.165, 1.54) is 0 Å². The van der Waals surface area contributed by atoms with Gasteiger partial charge in [-0.15, -0.1) is 0 Å². The highest BCUT2D eigenvalue weighted by Gasteiger charge is 2.15. The van der Waals surface area contributed by atoms with E-state index in [0.717, 1.165) is 18.7 Å². The number of hydrazine groups is 1. The molecule has 3 nitrogen and oxygen atoms in total. The summed E-state index contributed by atoms with van der Waals surface area (Å²) in [6.07, 6.45) is 2.16. The van der Waals surface area contributed by atoms with Crippen molar-refractivity contribution in [3.8, 4) is 0 Å². The normalized spacial score (nSPS) is 13.6. The van der Waals surface area contributed by atoms with Gasteiger partial charge in [0.25, 0.3) is 0 Å². The summed E-state index contributed by atoms with van der Waals surface area (Å²) in [6.45, 7) is 10.5. The molecule has 0 aliphatic rings. The summed E-state index contributed by atoms with van der Waals surface area (Å²) in [5.74, 6) is 6.84. The van der Waals surface area contributed by atoms with Crippen LogP contribution in [0.4, 0.5) is 0 Å². The van der Waals surface area contributed by atoms with Crippen LogP contribution < -0.4 is 11.3 Å². The number of aliphatic imine (C=N–C) groups is 1. The number of nitrogens with two attached hydrogens (primary N) is 1. The molecule has 78 valence electrons. The largest absolute Gasteiger partial charge is 0.312 e. The Morgan fingerprint density at radius 3 is 2.00 bits per heavy atom. The van der Waals surface area contributed by atoms with Crippen molar-refractivity contribution < 1.29 is 0 Å². The molecular weight excluding hydrogens is 162 g/mol. The van der Waals surface area contributed by atoms with Gasteiger partial charge in [0.1, 0.15) is 5.84 Å². The number of hydrogen-bond donors (Lipinski definition) is 2. The molecule has 0 amide bonds. The molecule has 3 heteroatoms. The van der Waals surface area contributed by atoms with Crippen molar-refractivity contribution >= 4 is 5.84 Å². The Labute approximate surface area is 81.8 Å².